The minimum atomic E-state index is -0.250. The van der Waals surface area contributed by atoms with Gasteiger partial charge in [0.25, 0.3) is 6.47 Å². The van der Waals surface area contributed by atoms with Crippen molar-refractivity contribution in [3.63, 3.8) is 0 Å². The molecule has 0 aliphatic rings. The Morgan fingerprint density at radius 1 is 0.551 bits per heavy atom. The van der Waals surface area contributed by atoms with Gasteiger partial charge in [0.15, 0.2) is 0 Å². The van der Waals surface area contributed by atoms with Crippen LogP contribution in [-0.2, 0) is 14.3 Å². The second kappa shape index (κ2) is 41.3. The van der Waals surface area contributed by atoms with Crippen molar-refractivity contribution in [1.29, 1.82) is 0 Å². The predicted molar refractivity (Wildman–Crippen MR) is 211 cm³/mol. The quantitative estimate of drug-likeness (QED) is 0.0290. The lowest BCUT2D eigenvalue weighted by atomic mass is 9.89. The van der Waals surface area contributed by atoms with Gasteiger partial charge in [0.05, 0.1) is 33.4 Å². The zero-order valence-electron chi connectivity index (χ0n) is 33.7. The molecule has 0 aromatic carbocycles. The number of quaternary nitrogens is 1. The fourth-order valence-corrected chi connectivity index (χ4v) is 7.15. The van der Waals surface area contributed by atoms with Crippen LogP contribution in [0.15, 0.2) is 0 Å². The molecule has 6 nitrogen and oxygen atoms in total. The third-order valence-electron chi connectivity index (χ3n) is 10.5. The van der Waals surface area contributed by atoms with E-state index < -0.39 is 0 Å². The van der Waals surface area contributed by atoms with Crippen molar-refractivity contribution in [2.75, 3.05) is 39.9 Å². The van der Waals surface area contributed by atoms with E-state index in [9.17, 15) is 9.90 Å². The second-order valence-electron chi connectivity index (χ2n) is 15.3. The second-order valence-corrected chi connectivity index (χ2v) is 15.3. The molecule has 0 aliphatic heterocycles. The highest BCUT2D eigenvalue weighted by molar-refractivity contribution is 5.69. The van der Waals surface area contributed by atoms with Gasteiger partial charge in [0.2, 0.25) is 0 Å². The fourth-order valence-electron chi connectivity index (χ4n) is 7.15. The zero-order valence-corrected chi connectivity index (χ0v) is 33.7. The number of nitrogens with zero attached hydrogens (tertiary/aromatic N) is 1. The van der Waals surface area contributed by atoms with Gasteiger partial charge in [-0.3, -0.25) is 9.59 Å². The van der Waals surface area contributed by atoms with Crippen molar-refractivity contribution in [1.82, 2.24) is 0 Å². The maximum atomic E-state index is 11.9. The lowest BCUT2D eigenvalue weighted by molar-refractivity contribution is -0.910. The van der Waals surface area contributed by atoms with Gasteiger partial charge in [-0.05, 0) is 44.4 Å². The molecule has 0 rings (SSSR count). The summed E-state index contributed by atoms with van der Waals surface area (Å²) in [6, 6.07) is 0. The number of aliphatic hydroxyl groups is 1. The highest BCUT2D eigenvalue weighted by atomic mass is 16.5. The van der Waals surface area contributed by atoms with Gasteiger partial charge < -0.3 is 19.4 Å². The summed E-state index contributed by atoms with van der Waals surface area (Å²) in [6.07, 6.45) is 40.6. The molecule has 294 valence electrons. The van der Waals surface area contributed by atoms with Gasteiger partial charge in [-0.2, -0.15) is 0 Å². The summed E-state index contributed by atoms with van der Waals surface area (Å²) in [6.45, 7) is 10.7. The molecule has 0 fully saturated rings. The van der Waals surface area contributed by atoms with Crippen LogP contribution in [0, 0.1) is 5.92 Å². The van der Waals surface area contributed by atoms with Gasteiger partial charge >= 0.3 is 5.97 Å². The molecule has 49 heavy (non-hydrogen) atoms. The Morgan fingerprint density at radius 2 is 0.898 bits per heavy atom. The molecule has 0 amide bonds. The van der Waals surface area contributed by atoms with Crippen molar-refractivity contribution >= 4 is 12.4 Å². The first-order valence-electron chi connectivity index (χ1n) is 21.6. The maximum Gasteiger partial charge on any atom is 0.305 e. The largest absolute Gasteiger partial charge is 0.483 e. The summed E-state index contributed by atoms with van der Waals surface area (Å²) < 4.78 is 6.40. The lowest BCUT2D eigenvalue weighted by Crippen LogP contribution is -2.47. The average molecular weight is 699 g/mol. The summed E-state index contributed by atoms with van der Waals surface area (Å²) in [5.74, 6) is 0.963. The smallest absolute Gasteiger partial charge is 0.305 e. The molecule has 0 spiro atoms. The highest BCUT2D eigenvalue weighted by Crippen LogP contribution is 2.25. The Balaban J connectivity index is 0. The molecule has 1 atom stereocenters. The van der Waals surface area contributed by atoms with E-state index in [4.69, 9.17) is 14.6 Å². The van der Waals surface area contributed by atoms with Crippen LogP contribution in [0.3, 0.4) is 0 Å². The summed E-state index contributed by atoms with van der Waals surface area (Å²) in [7, 11) is 2.35. The lowest BCUT2D eigenvalue weighted by Gasteiger charge is -2.34. The Morgan fingerprint density at radius 3 is 1.31 bits per heavy atom. The van der Waals surface area contributed by atoms with Crippen LogP contribution in [0.1, 0.15) is 220 Å². The Kier molecular flexibility index (Phi) is 42.1. The van der Waals surface area contributed by atoms with E-state index in [2.05, 4.69) is 27.8 Å². The van der Waals surface area contributed by atoms with Crippen LogP contribution >= 0.6 is 0 Å². The average Bonchev–Trinajstić information content (AvgIpc) is 3.08. The number of unbranched alkanes of at least 4 members (excludes halogenated alkanes) is 22. The Bertz CT molecular complexity index is 644. The van der Waals surface area contributed by atoms with Gasteiger partial charge in [-0.1, -0.05) is 175 Å². The van der Waals surface area contributed by atoms with Gasteiger partial charge in [0.1, 0.15) is 6.54 Å². The summed E-state index contributed by atoms with van der Waals surface area (Å²) in [4.78, 5) is 20.3. The number of carboxylic acid groups (broad SMARTS) is 1. The van der Waals surface area contributed by atoms with Gasteiger partial charge in [-0.25, -0.2) is 0 Å². The van der Waals surface area contributed by atoms with E-state index in [1.165, 1.54) is 186 Å². The first-order valence-corrected chi connectivity index (χ1v) is 21.6. The van der Waals surface area contributed by atoms with Gasteiger partial charge in [0, 0.05) is 6.42 Å². The predicted octanol–water partition coefficient (Wildman–Crippen LogP) is 12.4. The van der Waals surface area contributed by atoms with Crippen LogP contribution in [0.5, 0.6) is 0 Å². The fraction of sp³-hybridized carbons (Fsp3) is 0.953. The number of carbonyl (C=O) groups is 2. The van der Waals surface area contributed by atoms with Crippen molar-refractivity contribution in [3.8, 4) is 0 Å². The number of esters is 1. The van der Waals surface area contributed by atoms with E-state index in [1.54, 1.807) is 0 Å². The molecule has 0 aromatic rings. The van der Waals surface area contributed by atoms with E-state index in [0.29, 0.717) is 13.0 Å². The topological polar surface area (TPSA) is 83.8 Å². The molecule has 2 N–H and O–H groups in total. The van der Waals surface area contributed by atoms with E-state index >= 15 is 0 Å². The maximum absolute atomic E-state index is 11.9. The van der Waals surface area contributed by atoms with Crippen molar-refractivity contribution in [2.24, 2.45) is 5.92 Å². The molecule has 0 aliphatic carbocycles. The summed E-state index contributed by atoms with van der Waals surface area (Å²) in [5, 5.41) is 16.6. The molecule has 1 unspecified atom stereocenters. The minimum Gasteiger partial charge on any atom is -0.483 e. The van der Waals surface area contributed by atoms with E-state index in [1.807, 2.05) is 0 Å². The number of ether oxygens (including phenoxy) is 1. The number of aliphatic hydroxyl groups excluding tert-OH is 1. The van der Waals surface area contributed by atoms with Crippen LogP contribution in [0.25, 0.3) is 0 Å². The van der Waals surface area contributed by atoms with Crippen LogP contribution in [-0.4, -0.2) is 67.0 Å². The molecule has 0 saturated heterocycles. The number of rotatable bonds is 38. The summed E-state index contributed by atoms with van der Waals surface area (Å²) >= 11 is 0. The standard InChI is InChI=1S/C42H86NO3.CH2O2/c1-5-8-11-14-18-25-32-41(33-26-19-15-12-9-6-2)34-27-20-16-22-29-36-43(4,38-39-44)37-30-23-17-21-28-35-42(45)46-40-31-24-13-10-7-3;2-1-3/h41,44H,5-40H2,1-4H3;1H,(H,2,3)/q+1;. The van der Waals surface area contributed by atoms with Crippen molar-refractivity contribution in [3.05, 3.63) is 0 Å². The van der Waals surface area contributed by atoms with Crippen LogP contribution < -0.4 is 0 Å². The van der Waals surface area contributed by atoms with E-state index in [0.717, 1.165) is 36.2 Å². The van der Waals surface area contributed by atoms with Gasteiger partial charge in [-0.15, -0.1) is 0 Å². The van der Waals surface area contributed by atoms with Crippen molar-refractivity contribution < 1.29 is 29.0 Å². The third kappa shape index (κ3) is 39.5. The van der Waals surface area contributed by atoms with Crippen LogP contribution in [0.2, 0.25) is 0 Å². The normalized spacial score (nSPS) is 12.4. The number of hydrogen-bond acceptors (Lipinski definition) is 4. The molecular weight excluding hydrogens is 610 g/mol. The summed E-state index contributed by atoms with van der Waals surface area (Å²) in [5.41, 5.74) is 0. The number of likely N-dealkylation sites (N-methyl/N-ethyl adjacent to an activating group) is 1. The number of hydrogen-bond donors (Lipinski definition) is 2. The van der Waals surface area contributed by atoms with E-state index in [-0.39, 0.29) is 19.0 Å². The molecule has 0 aromatic heterocycles. The monoisotopic (exact) mass is 699 g/mol. The van der Waals surface area contributed by atoms with Crippen molar-refractivity contribution in [2.45, 2.75) is 220 Å². The Hall–Kier alpha value is -1.14. The molecular formula is C43H88NO5+. The third-order valence-corrected chi connectivity index (χ3v) is 10.5. The minimum absolute atomic E-state index is 0.0103. The SMILES string of the molecule is CCCCCCCCC(CCCCCCCC)CCCCCCC[N+](C)(CCO)CCCCCCCC(=O)OCCCCCCC.O=CO. The molecule has 0 heterocycles. The first-order chi connectivity index (χ1) is 23.9. The molecule has 0 saturated carbocycles. The van der Waals surface area contributed by atoms with Crippen LogP contribution in [0.4, 0.5) is 0 Å². The number of carbonyl (C=O) groups excluding carboxylic acids is 1. The Labute approximate surface area is 306 Å². The molecule has 0 radical (unpaired) electrons. The first kappa shape index (κ1) is 50.0. The molecule has 0 bridgehead atoms. The molecule has 6 heteroatoms. The highest BCUT2D eigenvalue weighted by Gasteiger charge is 2.20. The zero-order chi connectivity index (χ0) is 36.5.